The maximum atomic E-state index is 12.8. The molecule has 0 bridgehead atoms. The molecule has 98 valence electrons. The van der Waals surface area contributed by atoms with Crippen LogP contribution in [0.15, 0.2) is 42.5 Å². The molecule has 0 amide bonds. The molecule has 0 radical (unpaired) electrons. The SMILES string of the molecule is CC(=O)c1cccc(C)c1OCc1ccc(F)cc1. The summed E-state index contributed by atoms with van der Waals surface area (Å²) in [6.07, 6.45) is 0. The van der Waals surface area contributed by atoms with Crippen molar-refractivity contribution in [1.82, 2.24) is 0 Å². The number of aryl methyl sites for hydroxylation is 1. The van der Waals surface area contributed by atoms with Gasteiger partial charge in [-0.2, -0.15) is 0 Å². The third-order valence-electron chi connectivity index (χ3n) is 2.89. The first-order valence-electron chi connectivity index (χ1n) is 6.05. The van der Waals surface area contributed by atoms with Crippen molar-refractivity contribution >= 4 is 5.78 Å². The predicted molar refractivity (Wildman–Crippen MR) is 71.9 cm³/mol. The Hall–Kier alpha value is -2.16. The first-order valence-corrected chi connectivity index (χ1v) is 6.05. The molecule has 0 saturated heterocycles. The second-order valence-corrected chi connectivity index (χ2v) is 4.42. The molecule has 0 aromatic heterocycles. The van der Waals surface area contributed by atoms with Gasteiger partial charge >= 0.3 is 0 Å². The highest BCUT2D eigenvalue weighted by molar-refractivity contribution is 5.97. The number of carbonyl (C=O) groups excluding carboxylic acids is 1. The summed E-state index contributed by atoms with van der Waals surface area (Å²) in [5.41, 5.74) is 2.34. The van der Waals surface area contributed by atoms with E-state index in [1.165, 1.54) is 19.1 Å². The number of benzene rings is 2. The highest BCUT2D eigenvalue weighted by Gasteiger charge is 2.10. The quantitative estimate of drug-likeness (QED) is 0.777. The van der Waals surface area contributed by atoms with E-state index in [0.29, 0.717) is 17.9 Å². The molecule has 19 heavy (non-hydrogen) atoms. The van der Waals surface area contributed by atoms with E-state index < -0.39 is 0 Å². The molecular formula is C16H15FO2. The van der Waals surface area contributed by atoms with Gasteiger partial charge in [-0.05, 0) is 43.2 Å². The number of rotatable bonds is 4. The Balaban J connectivity index is 2.19. The Morgan fingerprint density at radius 1 is 1.16 bits per heavy atom. The molecule has 2 rings (SSSR count). The van der Waals surface area contributed by atoms with Gasteiger partial charge in [0, 0.05) is 0 Å². The van der Waals surface area contributed by atoms with Gasteiger partial charge in [0.2, 0.25) is 0 Å². The predicted octanol–water partition coefficient (Wildman–Crippen LogP) is 3.92. The second-order valence-electron chi connectivity index (χ2n) is 4.42. The van der Waals surface area contributed by atoms with Gasteiger partial charge in [0.1, 0.15) is 18.2 Å². The first kappa shape index (κ1) is 13.3. The Kier molecular flexibility index (Phi) is 3.95. The van der Waals surface area contributed by atoms with E-state index in [0.717, 1.165) is 11.1 Å². The average molecular weight is 258 g/mol. The molecule has 0 fully saturated rings. The summed E-state index contributed by atoms with van der Waals surface area (Å²) in [6.45, 7) is 3.72. The maximum Gasteiger partial charge on any atom is 0.163 e. The fourth-order valence-corrected chi connectivity index (χ4v) is 1.86. The highest BCUT2D eigenvalue weighted by atomic mass is 19.1. The largest absolute Gasteiger partial charge is 0.488 e. The second kappa shape index (κ2) is 5.65. The number of hydrogen-bond donors (Lipinski definition) is 0. The van der Waals surface area contributed by atoms with Gasteiger partial charge in [0.05, 0.1) is 5.56 Å². The molecule has 3 heteroatoms. The summed E-state index contributed by atoms with van der Waals surface area (Å²) >= 11 is 0. The molecule has 0 unspecified atom stereocenters. The topological polar surface area (TPSA) is 26.3 Å². The number of halogens is 1. The average Bonchev–Trinajstić information content (AvgIpc) is 2.39. The van der Waals surface area contributed by atoms with Crippen LogP contribution in [-0.2, 0) is 6.61 Å². The number of Topliss-reactive ketones (excluding diaryl/α,β-unsaturated/α-hetero) is 1. The van der Waals surface area contributed by atoms with Crippen LogP contribution < -0.4 is 4.74 Å². The maximum absolute atomic E-state index is 12.8. The van der Waals surface area contributed by atoms with Crippen molar-refractivity contribution in [1.29, 1.82) is 0 Å². The van der Waals surface area contributed by atoms with Crippen LogP contribution in [0, 0.1) is 12.7 Å². The third-order valence-corrected chi connectivity index (χ3v) is 2.89. The lowest BCUT2D eigenvalue weighted by Gasteiger charge is -2.12. The molecule has 0 heterocycles. The molecule has 0 saturated carbocycles. The lowest BCUT2D eigenvalue weighted by molar-refractivity contribution is 0.101. The fraction of sp³-hybridized carbons (Fsp3) is 0.188. The van der Waals surface area contributed by atoms with E-state index in [2.05, 4.69) is 0 Å². The number of ether oxygens (including phenoxy) is 1. The number of para-hydroxylation sites is 1. The van der Waals surface area contributed by atoms with Gasteiger partial charge in [0.25, 0.3) is 0 Å². The van der Waals surface area contributed by atoms with Crippen LogP contribution in [0.25, 0.3) is 0 Å². The van der Waals surface area contributed by atoms with Gasteiger partial charge < -0.3 is 4.74 Å². The molecule has 0 spiro atoms. The normalized spacial score (nSPS) is 10.3. The Labute approximate surface area is 111 Å². The van der Waals surface area contributed by atoms with Gasteiger partial charge in [0.15, 0.2) is 5.78 Å². The summed E-state index contributed by atoms with van der Waals surface area (Å²) in [4.78, 5) is 11.5. The summed E-state index contributed by atoms with van der Waals surface area (Å²) in [5.74, 6) is 0.293. The Bertz CT molecular complexity index is 588. The molecule has 2 aromatic carbocycles. The van der Waals surface area contributed by atoms with E-state index in [9.17, 15) is 9.18 Å². The summed E-state index contributed by atoms with van der Waals surface area (Å²) in [6, 6.07) is 11.6. The van der Waals surface area contributed by atoms with E-state index in [1.54, 1.807) is 18.2 Å². The van der Waals surface area contributed by atoms with Gasteiger partial charge in [-0.3, -0.25) is 4.79 Å². The Morgan fingerprint density at radius 2 is 1.84 bits per heavy atom. The van der Waals surface area contributed by atoms with E-state index in [-0.39, 0.29) is 11.6 Å². The molecule has 0 N–H and O–H groups in total. The van der Waals surface area contributed by atoms with Gasteiger partial charge in [-0.15, -0.1) is 0 Å². The van der Waals surface area contributed by atoms with E-state index in [1.807, 2.05) is 19.1 Å². The van der Waals surface area contributed by atoms with Crippen molar-refractivity contribution in [3.05, 3.63) is 65.0 Å². The van der Waals surface area contributed by atoms with Crippen molar-refractivity contribution < 1.29 is 13.9 Å². The monoisotopic (exact) mass is 258 g/mol. The van der Waals surface area contributed by atoms with Crippen LogP contribution in [-0.4, -0.2) is 5.78 Å². The van der Waals surface area contributed by atoms with Gasteiger partial charge in [-0.25, -0.2) is 4.39 Å². The first-order chi connectivity index (χ1) is 9.08. The summed E-state index contributed by atoms with van der Waals surface area (Å²) in [5, 5.41) is 0. The minimum absolute atomic E-state index is 0.0298. The third kappa shape index (κ3) is 3.19. The molecule has 2 aromatic rings. The zero-order valence-electron chi connectivity index (χ0n) is 10.9. The van der Waals surface area contributed by atoms with Crippen molar-refractivity contribution in [3.8, 4) is 5.75 Å². The van der Waals surface area contributed by atoms with Crippen LogP contribution >= 0.6 is 0 Å². The lowest BCUT2D eigenvalue weighted by Crippen LogP contribution is -2.03. The number of hydrogen-bond acceptors (Lipinski definition) is 2. The molecule has 0 atom stereocenters. The van der Waals surface area contributed by atoms with Crippen molar-refractivity contribution in [2.75, 3.05) is 0 Å². The number of ketones is 1. The van der Waals surface area contributed by atoms with Crippen LogP contribution in [0.4, 0.5) is 4.39 Å². The van der Waals surface area contributed by atoms with Crippen LogP contribution in [0.5, 0.6) is 5.75 Å². The smallest absolute Gasteiger partial charge is 0.163 e. The zero-order chi connectivity index (χ0) is 13.8. The van der Waals surface area contributed by atoms with Crippen LogP contribution in [0.2, 0.25) is 0 Å². The minimum Gasteiger partial charge on any atom is -0.488 e. The highest BCUT2D eigenvalue weighted by Crippen LogP contribution is 2.24. The standard InChI is InChI=1S/C16H15FO2/c1-11-4-3-5-15(12(2)18)16(11)19-10-13-6-8-14(17)9-7-13/h3-9H,10H2,1-2H3. The molecule has 2 nitrogen and oxygen atoms in total. The Morgan fingerprint density at radius 3 is 2.47 bits per heavy atom. The minimum atomic E-state index is -0.274. The molecule has 0 aliphatic rings. The summed E-state index contributed by atoms with van der Waals surface area (Å²) < 4.78 is 18.5. The summed E-state index contributed by atoms with van der Waals surface area (Å²) in [7, 11) is 0. The molecule has 0 aliphatic carbocycles. The van der Waals surface area contributed by atoms with Crippen molar-refractivity contribution in [2.45, 2.75) is 20.5 Å². The van der Waals surface area contributed by atoms with E-state index >= 15 is 0 Å². The van der Waals surface area contributed by atoms with Gasteiger partial charge in [-0.1, -0.05) is 24.3 Å². The zero-order valence-corrected chi connectivity index (χ0v) is 10.9. The van der Waals surface area contributed by atoms with Crippen molar-refractivity contribution in [2.24, 2.45) is 0 Å². The van der Waals surface area contributed by atoms with Crippen molar-refractivity contribution in [3.63, 3.8) is 0 Å². The van der Waals surface area contributed by atoms with Crippen LogP contribution in [0.1, 0.15) is 28.4 Å². The number of carbonyl (C=O) groups is 1. The fourth-order valence-electron chi connectivity index (χ4n) is 1.86. The molecular weight excluding hydrogens is 243 g/mol. The molecule has 0 aliphatic heterocycles. The lowest BCUT2D eigenvalue weighted by atomic mass is 10.1. The van der Waals surface area contributed by atoms with E-state index in [4.69, 9.17) is 4.74 Å². The van der Waals surface area contributed by atoms with Crippen LogP contribution in [0.3, 0.4) is 0 Å².